The third-order valence-corrected chi connectivity index (χ3v) is 4.68. The number of likely N-dealkylation sites (tertiary alicyclic amines) is 2. The van der Waals surface area contributed by atoms with E-state index in [9.17, 15) is 10.5 Å². The third-order valence-electron chi connectivity index (χ3n) is 4.68. The highest BCUT2D eigenvalue weighted by atomic mass is 15.4. The van der Waals surface area contributed by atoms with Crippen LogP contribution in [-0.4, -0.2) is 60.4 Å². The zero-order valence-corrected chi connectivity index (χ0v) is 11.8. The van der Waals surface area contributed by atoms with E-state index < -0.39 is 0 Å². The largest absolute Gasteiger partial charge is 0.286 e. The van der Waals surface area contributed by atoms with Crippen molar-refractivity contribution >= 4 is 0 Å². The molecule has 4 unspecified atom stereocenters. The van der Waals surface area contributed by atoms with E-state index in [0.717, 1.165) is 26.2 Å². The van der Waals surface area contributed by atoms with Crippen molar-refractivity contribution in [2.75, 3.05) is 26.2 Å². The number of hydrogen-bond acceptors (Lipinski definition) is 6. The highest BCUT2D eigenvalue weighted by molar-refractivity contribution is 5.12. The second kappa shape index (κ2) is 6.07. The predicted molar refractivity (Wildman–Crippen MR) is 74.3 cm³/mol. The van der Waals surface area contributed by atoms with Crippen LogP contribution in [0.1, 0.15) is 25.7 Å². The van der Waals surface area contributed by atoms with E-state index in [1.54, 1.807) is 0 Å². The van der Waals surface area contributed by atoms with E-state index in [4.69, 9.17) is 0 Å². The zero-order chi connectivity index (χ0) is 13.9. The lowest BCUT2D eigenvalue weighted by atomic mass is 10.1. The molecule has 3 fully saturated rings. The Morgan fingerprint density at radius 3 is 1.35 bits per heavy atom. The molecular formula is C14H22N6. The molecule has 108 valence electrons. The minimum Gasteiger partial charge on any atom is -0.286 e. The molecular weight excluding hydrogens is 252 g/mol. The topological polar surface area (TPSA) is 78.1 Å². The smallest absolute Gasteiger partial charge is 0.126 e. The molecule has 6 heteroatoms. The summed E-state index contributed by atoms with van der Waals surface area (Å²) < 4.78 is 0. The molecule has 20 heavy (non-hydrogen) atoms. The summed E-state index contributed by atoms with van der Waals surface area (Å²) >= 11 is 0. The third kappa shape index (κ3) is 2.53. The number of nitrogens with zero attached hydrogens (tertiary/aromatic N) is 4. The fourth-order valence-electron chi connectivity index (χ4n) is 3.63. The molecule has 0 saturated carbocycles. The summed E-state index contributed by atoms with van der Waals surface area (Å²) in [6.07, 6.45) is 4.66. The van der Waals surface area contributed by atoms with Crippen molar-refractivity contribution in [3.63, 3.8) is 0 Å². The van der Waals surface area contributed by atoms with Gasteiger partial charge in [0.1, 0.15) is 12.1 Å². The molecule has 0 bridgehead atoms. The average Bonchev–Trinajstić information content (AvgIpc) is 3.18. The number of nitriles is 2. The van der Waals surface area contributed by atoms with Gasteiger partial charge in [-0.25, -0.2) is 0 Å². The number of nitrogens with one attached hydrogen (secondary N) is 2. The number of hydrogen-bond donors (Lipinski definition) is 2. The minimum atomic E-state index is -0.247. The van der Waals surface area contributed by atoms with Gasteiger partial charge in [-0.3, -0.25) is 20.4 Å². The van der Waals surface area contributed by atoms with Crippen molar-refractivity contribution in [3.8, 4) is 12.1 Å². The molecule has 2 N–H and O–H groups in total. The molecule has 0 amide bonds. The van der Waals surface area contributed by atoms with Crippen molar-refractivity contribution in [2.24, 2.45) is 0 Å². The number of piperazine rings is 1. The van der Waals surface area contributed by atoms with Gasteiger partial charge < -0.3 is 0 Å². The summed E-state index contributed by atoms with van der Waals surface area (Å²) in [5.74, 6) is 0. The Morgan fingerprint density at radius 2 is 1.05 bits per heavy atom. The van der Waals surface area contributed by atoms with Gasteiger partial charge in [0.2, 0.25) is 0 Å². The summed E-state index contributed by atoms with van der Waals surface area (Å²) in [7, 11) is 0. The highest BCUT2D eigenvalue weighted by Crippen LogP contribution is 2.21. The second-order valence-corrected chi connectivity index (χ2v) is 5.92. The Bertz CT molecular complexity index is 372. The molecule has 0 aromatic carbocycles. The average molecular weight is 274 g/mol. The highest BCUT2D eigenvalue weighted by Gasteiger charge is 2.42. The maximum absolute atomic E-state index is 9.46. The molecule has 6 nitrogen and oxygen atoms in total. The fraction of sp³-hybridized carbons (Fsp3) is 0.857. The molecule has 3 aliphatic heterocycles. The second-order valence-electron chi connectivity index (χ2n) is 5.92. The van der Waals surface area contributed by atoms with Gasteiger partial charge in [0.25, 0.3) is 0 Å². The van der Waals surface area contributed by atoms with E-state index in [0.29, 0.717) is 0 Å². The first-order chi connectivity index (χ1) is 9.83. The summed E-state index contributed by atoms with van der Waals surface area (Å²) in [5, 5.41) is 25.7. The first-order valence-electron chi connectivity index (χ1n) is 7.63. The molecule has 3 saturated heterocycles. The maximum Gasteiger partial charge on any atom is 0.126 e. The Morgan fingerprint density at radius 1 is 0.700 bits per heavy atom. The van der Waals surface area contributed by atoms with Gasteiger partial charge >= 0.3 is 0 Å². The van der Waals surface area contributed by atoms with Crippen molar-refractivity contribution in [1.29, 1.82) is 10.5 Å². The lowest BCUT2D eigenvalue weighted by molar-refractivity contribution is 0.0644. The standard InChI is InChI=1S/C14H22N6/c15-9-11-13(19-5-1-2-6-19)17-12(10-16)14(18-11)20-7-3-4-8-20/h11-14,17-18H,1-8H2. The van der Waals surface area contributed by atoms with Crippen molar-refractivity contribution in [3.05, 3.63) is 0 Å². The van der Waals surface area contributed by atoms with E-state index in [1.807, 2.05) is 0 Å². The lowest BCUT2D eigenvalue weighted by Gasteiger charge is -2.45. The SMILES string of the molecule is N#CC1NC(N2CCCC2)C(C#N)NC1N1CCCC1. The van der Waals surface area contributed by atoms with Crippen LogP contribution in [0.15, 0.2) is 0 Å². The van der Waals surface area contributed by atoms with E-state index in [1.165, 1.54) is 25.7 Å². The molecule has 0 aromatic heterocycles. The Hall–Kier alpha value is -1.18. The van der Waals surface area contributed by atoms with E-state index in [2.05, 4.69) is 32.6 Å². The van der Waals surface area contributed by atoms with Crippen LogP contribution in [0, 0.1) is 22.7 Å². The fourth-order valence-corrected chi connectivity index (χ4v) is 3.63. The van der Waals surface area contributed by atoms with Crippen LogP contribution >= 0.6 is 0 Å². The zero-order valence-electron chi connectivity index (χ0n) is 11.8. The van der Waals surface area contributed by atoms with Crippen molar-refractivity contribution in [1.82, 2.24) is 20.4 Å². The van der Waals surface area contributed by atoms with Gasteiger partial charge in [0, 0.05) is 0 Å². The van der Waals surface area contributed by atoms with Crippen molar-refractivity contribution in [2.45, 2.75) is 50.1 Å². The Labute approximate surface area is 120 Å². The van der Waals surface area contributed by atoms with Crippen LogP contribution in [0.3, 0.4) is 0 Å². The quantitative estimate of drug-likeness (QED) is 0.726. The van der Waals surface area contributed by atoms with Gasteiger partial charge in [0.15, 0.2) is 0 Å². The molecule has 0 spiro atoms. The normalized spacial score (nSPS) is 39.5. The van der Waals surface area contributed by atoms with Crippen molar-refractivity contribution < 1.29 is 0 Å². The van der Waals surface area contributed by atoms with E-state index >= 15 is 0 Å². The molecule has 0 aromatic rings. The molecule has 4 atom stereocenters. The summed E-state index contributed by atoms with van der Waals surface area (Å²) in [6.45, 7) is 4.07. The van der Waals surface area contributed by atoms with Gasteiger partial charge in [-0.1, -0.05) is 0 Å². The minimum absolute atomic E-state index is 0.0361. The van der Waals surface area contributed by atoms with Crippen LogP contribution in [-0.2, 0) is 0 Å². The molecule has 3 heterocycles. The van der Waals surface area contributed by atoms with E-state index in [-0.39, 0.29) is 24.4 Å². The monoisotopic (exact) mass is 274 g/mol. The van der Waals surface area contributed by atoms with Crippen LogP contribution < -0.4 is 10.6 Å². The van der Waals surface area contributed by atoms with Crippen LogP contribution in [0.25, 0.3) is 0 Å². The first-order valence-corrected chi connectivity index (χ1v) is 7.63. The van der Waals surface area contributed by atoms with Crippen LogP contribution in [0.2, 0.25) is 0 Å². The van der Waals surface area contributed by atoms with Crippen LogP contribution in [0.4, 0.5) is 0 Å². The lowest BCUT2D eigenvalue weighted by Crippen LogP contribution is -2.72. The number of rotatable bonds is 2. The summed E-state index contributed by atoms with van der Waals surface area (Å²) in [4.78, 5) is 4.59. The molecule has 3 aliphatic rings. The summed E-state index contributed by atoms with van der Waals surface area (Å²) in [6, 6.07) is 4.26. The van der Waals surface area contributed by atoms with Gasteiger partial charge in [0.05, 0.1) is 24.5 Å². The Balaban J connectivity index is 1.74. The van der Waals surface area contributed by atoms with Gasteiger partial charge in [-0.05, 0) is 51.9 Å². The maximum atomic E-state index is 9.46. The van der Waals surface area contributed by atoms with Crippen LogP contribution in [0.5, 0.6) is 0 Å². The van der Waals surface area contributed by atoms with Gasteiger partial charge in [-0.15, -0.1) is 0 Å². The first kappa shape index (κ1) is 13.8. The molecule has 0 radical (unpaired) electrons. The predicted octanol–water partition coefficient (Wildman–Crippen LogP) is -0.193. The molecule has 3 rings (SSSR count). The van der Waals surface area contributed by atoms with Gasteiger partial charge in [-0.2, -0.15) is 10.5 Å². The Kier molecular flexibility index (Phi) is 4.18. The summed E-state index contributed by atoms with van der Waals surface area (Å²) in [5.41, 5.74) is 0. The molecule has 0 aliphatic carbocycles.